The summed E-state index contributed by atoms with van der Waals surface area (Å²) in [5.41, 5.74) is 0.659. The summed E-state index contributed by atoms with van der Waals surface area (Å²) in [4.78, 5) is 35.4. The minimum absolute atomic E-state index is 0.189. The van der Waals surface area contributed by atoms with Crippen molar-refractivity contribution in [2.45, 2.75) is 13.8 Å². The maximum Gasteiger partial charge on any atom is 0.341 e. The molecule has 0 saturated carbocycles. The maximum absolute atomic E-state index is 11.9. The Morgan fingerprint density at radius 1 is 1.35 bits per heavy atom. The predicted molar refractivity (Wildman–Crippen MR) is 77.8 cm³/mol. The first-order valence-corrected chi connectivity index (χ1v) is 7.19. The van der Waals surface area contributed by atoms with Crippen LogP contribution in [0.4, 0.5) is 5.00 Å². The smallest absolute Gasteiger partial charge is 0.341 e. The van der Waals surface area contributed by atoms with E-state index < -0.39 is 11.9 Å². The summed E-state index contributed by atoms with van der Waals surface area (Å²) in [5.74, 6) is -1.61. The van der Waals surface area contributed by atoms with Gasteiger partial charge in [0, 0.05) is 7.05 Å². The molecule has 2 N–H and O–H groups in total. The van der Waals surface area contributed by atoms with Crippen LogP contribution in [0.5, 0.6) is 0 Å². The number of esters is 1. The summed E-state index contributed by atoms with van der Waals surface area (Å²) in [6.07, 6.45) is 0. The third kappa shape index (κ3) is 3.49. The molecule has 0 aliphatic carbocycles. The van der Waals surface area contributed by atoms with Crippen LogP contribution < -0.4 is 10.6 Å². The Balaban J connectivity index is 3.28. The van der Waals surface area contributed by atoms with Gasteiger partial charge < -0.3 is 15.4 Å². The summed E-state index contributed by atoms with van der Waals surface area (Å²) in [6, 6.07) is 0. The van der Waals surface area contributed by atoms with Crippen molar-refractivity contribution < 1.29 is 19.1 Å². The fraction of sp³-hybridized carbons (Fsp3) is 0.417. The number of carbonyl (C=O) groups excluding carboxylic acids is 3. The third-order valence-electron chi connectivity index (χ3n) is 2.43. The maximum atomic E-state index is 11.9. The van der Waals surface area contributed by atoms with Crippen LogP contribution >= 0.6 is 22.9 Å². The quantitative estimate of drug-likeness (QED) is 0.640. The lowest BCUT2D eigenvalue weighted by Crippen LogP contribution is -2.18. The second-order valence-corrected chi connectivity index (χ2v) is 5.03. The highest BCUT2D eigenvalue weighted by molar-refractivity contribution is 7.18. The summed E-state index contributed by atoms with van der Waals surface area (Å²) in [6.45, 7) is 3.51. The van der Waals surface area contributed by atoms with Crippen LogP contribution in [-0.4, -0.2) is 37.3 Å². The van der Waals surface area contributed by atoms with Gasteiger partial charge in [0.1, 0.15) is 10.9 Å². The number of alkyl halides is 1. The molecule has 0 atom stereocenters. The number of carbonyl (C=O) groups is 3. The van der Waals surface area contributed by atoms with E-state index in [2.05, 4.69) is 10.6 Å². The molecule has 8 heteroatoms. The van der Waals surface area contributed by atoms with Crippen LogP contribution in [0, 0.1) is 6.92 Å². The molecule has 1 rings (SSSR count). The number of nitrogens with one attached hydrogen (secondary N) is 2. The normalized spacial score (nSPS) is 10.0. The number of ether oxygens (including phenoxy) is 1. The average molecular weight is 319 g/mol. The molecule has 1 heterocycles. The van der Waals surface area contributed by atoms with Crippen LogP contribution in [0.25, 0.3) is 0 Å². The number of halogens is 1. The van der Waals surface area contributed by atoms with E-state index in [9.17, 15) is 14.4 Å². The lowest BCUT2D eigenvalue weighted by molar-refractivity contribution is -0.113. The molecular formula is C12H15ClN2O4S. The second kappa shape index (κ2) is 7.25. The molecule has 0 aliphatic rings. The van der Waals surface area contributed by atoms with Crippen molar-refractivity contribution in [2.24, 2.45) is 0 Å². The zero-order valence-electron chi connectivity index (χ0n) is 11.3. The van der Waals surface area contributed by atoms with Gasteiger partial charge in [0.15, 0.2) is 0 Å². The summed E-state index contributed by atoms with van der Waals surface area (Å²) < 4.78 is 4.94. The van der Waals surface area contributed by atoms with Gasteiger partial charge in [-0.3, -0.25) is 9.59 Å². The Hall–Kier alpha value is -1.60. The largest absolute Gasteiger partial charge is 0.462 e. The molecule has 2 amide bonds. The highest BCUT2D eigenvalue weighted by Gasteiger charge is 2.25. The zero-order chi connectivity index (χ0) is 15.3. The molecule has 0 radical (unpaired) electrons. The zero-order valence-corrected chi connectivity index (χ0v) is 12.9. The topological polar surface area (TPSA) is 84.5 Å². The molecule has 0 spiro atoms. The van der Waals surface area contributed by atoms with E-state index in [1.807, 2.05) is 0 Å². The highest BCUT2D eigenvalue weighted by Crippen LogP contribution is 2.33. The lowest BCUT2D eigenvalue weighted by Gasteiger charge is -2.05. The Morgan fingerprint density at radius 3 is 2.50 bits per heavy atom. The Bertz CT molecular complexity index is 542. The van der Waals surface area contributed by atoms with E-state index in [4.69, 9.17) is 16.3 Å². The van der Waals surface area contributed by atoms with Gasteiger partial charge >= 0.3 is 5.97 Å². The molecule has 0 aliphatic heterocycles. The minimum Gasteiger partial charge on any atom is -0.462 e. The lowest BCUT2D eigenvalue weighted by atomic mass is 10.1. The monoisotopic (exact) mass is 318 g/mol. The van der Waals surface area contributed by atoms with Gasteiger partial charge in [-0.15, -0.1) is 22.9 Å². The predicted octanol–water partition coefficient (Wildman–Crippen LogP) is 1.77. The number of amides is 2. The fourth-order valence-corrected chi connectivity index (χ4v) is 2.76. The van der Waals surface area contributed by atoms with Crippen molar-refractivity contribution in [3.63, 3.8) is 0 Å². The van der Waals surface area contributed by atoms with Crippen LogP contribution in [0.1, 0.15) is 32.5 Å². The van der Waals surface area contributed by atoms with Gasteiger partial charge in [-0.1, -0.05) is 0 Å². The van der Waals surface area contributed by atoms with Gasteiger partial charge in [-0.2, -0.15) is 0 Å². The van der Waals surface area contributed by atoms with E-state index in [0.717, 1.165) is 11.3 Å². The number of anilines is 1. The van der Waals surface area contributed by atoms with E-state index in [1.165, 1.54) is 7.05 Å². The van der Waals surface area contributed by atoms with Gasteiger partial charge in [-0.25, -0.2) is 4.79 Å². The average Bonchev–Trinajstić information content (AvgIpc) is 2.74. The van der Waals surface area contributed by atoms with Gasteiger partial charge in [-0.05, 0) is 19.4 Å². The first-order valence-electron chi connectivity index (χ1n) is 5.84. The first kappa shape index (κ1) is 16.5. The summed E-state index contributed by atoms with van der Waals surface area (Å²) in [5, 5.41) is 5.26. The van der Waals surface area contributed by atoms with E-state index in [1.54, 1.807) is 13.8 Å². The number of thiophene rings is 1. The number of hydrogen-bond donors (Lipinski definition) is 2. The van der Waals surface area contributed by atoms with Crippen molar-refractivity contribution in [1.82, 2.24) is 5.32 Å². The van der Waals surface area contributed by atoms with E-state index in [0.29, 0.717) is 10.4 Å². The Labute approximate surface area is 125 Å². The second-order valence-electron chi connectivity index (χ2n) is 3.74. The Kier molecular flexibility index (Phi) is 5.97. The van der Waals surface area contributed by atoms with Gasteiger partial charge in [0.2, 0.25) is 5.91 Å². The van der Waals surface area contributed by atoms with Crippen LogP contribution in [0.15, 0.2) is 0 Å². The SMILES string of the molecule is CCOC(=O)c1c(NC(=O)CCl)sc(C(=O)NC)c1C. The minimum atomic E-state index is -0.582. The van der Waals surface area contributed by atoms with Crippen LogP contribution in [0.2, 0.25) is 0 Å². The van der Waals surface area contributed by atoms with E-state index >= 15 is 0 Å². The summed E-state index contributed by atoms with van der Waals surface area (Å²) >= 11 is 6.44. The summed E-state index contributed by atoms with van der Waals surface area (Å²) in [7, 11) is 1.49. The van der Waals surface area contributed by atoms with Crippen LogP contribution in [-0.2, 0) is 9.53 Å². The molecule has 20 heavy (non-hydrogen) atoms. The van der Waals surface area contributed by atoms with Crippen molar-refractivity contribution in [3.05, 3.63) is 16.0 Å². The molecule has 0 unspecified atom stereocenters. The van der Waals surface area contributed by atoms with Gasteiger partial charge in [0.05, 0.1) is 17.0 Å². The highest BCUT2D eigenvalue weighted by atomic mass is 35.5. The van der Waals surface area contributed by atoms with E-state index in [-0.39, 0.29) is 29.0 Å². The Morgan fingerprint density at radius 2 is 2.00 bits per heavy atom. The molecule has 0 aromatic carbocycles. The number of hydrogen-bond acceptors (Lipinski definition) is 5. The van der Waals surface area contributed by atoms with Gasteiger partial charge in [0.25, 0.3) is 5.91 Å². The third-order valence-corrected chi connectivity index (χ3v) is 3.88. The van der Waals surface area contributed by atoms with Crippen molar-refractivity contribution in [2.75, 3.05) is 24.9 Å². The molecule has 110 valence electrons. The molecule has 0 fully saturated rings. The van der Waals surface area contributed by atoms with Crippen LogP contribution in [0.3, 0.4) is 0 Å². The first-order chi connectivity index (χ1) is 9.46. The molecule has 1 aromatic heterocycles. The standard InChI is InChI=1S/C12H15ClN2O4S/c1-4-19-12(18)8-6(2)9(10(17)14-3)20-11(8)15-7(16)5-13/h4-5H2,1-3H3,(H,14,17)(H,15,16). The molecular weight excluding hydrogens is 304 g/mol. The van der Waals surface area contributed by atoms with Crippen molar-refractivity contribution in [3.8, 4) is 0 Å². The molecule has 6 nitrogen and oxygen atoms in total. The molecule has 0 bridgehead atoms. The number of rotatable bonds is 5. The molecule has 1 aromatic rings. The fourth-order valence-electron chi connectivity index (χ4n) is 1.54. The molecule has 0 saturated heterocycles. The van der Waals surface area contributed by atoms with Crippen molar-refractivity contribution in [1.29, 1.82) is 0 Å². The van der Waals surface area contributed by atoms with Crippen molar-refractivity contribution >= 4 is 45.7 Å².